The minimum absolute atomic E-state index is 0.0494. The van der Waals surface area contributed by atoms with Crippen LogP contribution in [0.1, 0.15) is 36.0 Å². The first kappa shape index (κ1) is 15.7. The Morgan fingerprint density at radius 3 is 2.35 bits per heavy atom. The molecule has 122 valence electrons. The number of likely N-dealkylation sites (tertiary alicyclic amines) is 1. The zero-order chi connectivity index (χ0) is 16.4. The second-order valence-electron chi connectivity index (χ2n) is 6.53. The summed E-state index contributed by atoms with van der Waals surface area (Å²) in [5, 5.41) is 9.33. The minimum Gasteiger partial charge on any atom is -0.481 e. The molecular weight excluding hydrogens is 294 g/mol. The van der Waals surface area contributed by atoms with E-state index in [-0.39, 0.29) is 37.0 Å². The van der Waals surface area contributed by atoms with E-state index in [2.05, 4.69) is 0 Å². The number of carboxylic acid groups (broad SMARTS) is 1. The summed E-state index contributed by atoms with van der Waals surface area (Å²) in [4.78, 5) is 37.4. The van der Waals surface area contributed by atoms with Crippen LogP contribution in [0.2, 0.25) is 0 Å². The molecule has 1 heterocycles. The topological polar surface area (TPSA) is 74.7 Å². The molecule has 0 spiro atoms. The predicted octanol–water partition coefficient (Wildman–Crippen LogP) is 2.22. The van der Waals surface area contributed by atoms with Crippen LogP contribution in [0.15, 0.2) is 30.3 Å². The molecule has 1 aliphatic heterocycles. The fourth-order valence-electron chi connectivity index (χ4n) is 3.44. The van der Waals surface area contributed by atoms with Crippen LogP contribution in [0.5, 0.6) is 0 Å². The number of nitrogens with zero attached hydrogens (tertiary/aromatic N) is 1. The maximum absolute atomic E-state index is 12.3. The average Bonchev–Trinajstić information content (AvgIpc) is 3.31. The van der Waals surface area contributed by atoms with Crippen LogP contribution in [0.3, 0.4) is 0 Å². The predicted molar refractivity (Wildman–Crippen MR) is 83.9 cm³/mol. The van der Waals surface area contributed by atoms with Gasteiger partial charge >= 0.3 is 5.97 Å². The van der Waals surface area contributed by atoms with Gasteiger partial charge in [-0.15, -0.1) is 0 Å². The molecule has 1 aliphatic carbocycles. The Labute approximate surface area is 135 Å². The van der Waals surface area contributed by atoms with Gasteiger partial charge in [0.15, 0.2) is 5.78 Å². The lowest BCUT2D eigenvalue weighted by Gasteiger charge is -2.16. The smallest absolute Gasteiger partial charge is 0.308 e. The van der Waals surface area contributed by atoms with Gasteiger partial charge < -0.3 is 10.0 Å². The SMILES string of the molecule is O=C(CCC(=O)N1C[C@H](C(=O)O)[C@@H](C2CC2)C1)c1ccccc1. The van der Waals surface area contributed by atoms with Crippen molar-refractivity contribution < 1.29 is 19.5 Å². The summed E-state index contributed by atoms with van der Waals surface area (Å²) in [7, 11) is 0. The molecule has 3 rings (SSSR count). The lowest BCUT2D eigenvalue weighted by molar-refractivity contribution is -0.142. The van der Waals surface area contributed by atoms with E-state index in [9.17, 15) is 19.5 Å². The van der Waals surface area contributed by atoms with Crippen molar-refractivity contribution in [2.45, 2.75) is 25.7 Å². The number of Topliss-reactive ketones (excluding diaryl/α,β-unsaturated/α-hetero) is 1. The number of carbonyl (C=O) groups is 3. The summed E-state index contributed by atoms with van der Waals surface area (Å²) in [6.07, 6.45) is 2.47. The molecule has 1 aromatic rings. The molecule has 0 bridgehead atoms. The third-order valence-electron chi connectivity index (χ3n) is 4.92. The first-order chi connectivity index (χ1) is 11.1. The average molecular weight is 315 g/mol. The molecule has 0 aromatic heterocycles. The van der Waals surface area contributed by atoms with Gasteiger partial charge in [0, 0.05) is 31.5 Å². The van der Waals surface area contributed by atoms with Gasteiger partial charge in [0.25, 0.3) is 0 Å². The monoisotopic (exact) mass is 315 g/mol. The molecule has 1 saturated heterocycles. The third-order valence-corrected chi connectivity index (χ3v) is 4.92. The second kappa shape index (κ2) is 6.52. The summed E-state index contributed by atoms with van der Waals surface area (Å²) >= 11 is 0. The summed E-state index contributed by atoms with van der Waals surface area (Å²) < 4.78 is 0. The third kappa shape index (κ3) is 3.60. The number of amides is 1. The second-order valence-corrected chi connectivity index (χ2v) is 6.53. The normalized spacial score (nSPS) is 23.7. The Kier molecular flexibility index (Phi) is 4.46. The quantitative estimate of drug-likeness (QED) is 0.817. The highest BCUT2D eigenvalue weighted by molar-refractivity contribution is 5.98. The van der Waals surface area contributed by atoms with E-state index in [0.29, 0.717) is 18.0 Å². The first-order valence-electron chi connectivity index (χ1n) is 8.15. The van der Waals surface area contributed by atoms with Gasteiger partial charge in [-0.2, -0.15) is 0 Å². The molecule has 1 amide bonds. The van der Waals surface area contributed by atoms with Gasteiger partial charge in [0.05, 0.1) is 5.92 Å². The van der Waals surface area contributed by atoms with Crippen LogP contribution < -0.4 is 0 Å². The lowest BCUT2D eigenvalue weighted by atomic mass is 9.92. The highest BCUT2D eigenvalue weighted by atomic mass is 16.4. The molecule has 1 aromatic carbocycles. The summed E-state index contributed by atoms with van der Waals surface area (Å²) in [5.41, 5.74) is 0.612. The van der Waals surface area contributed by atoms with Gasteiger partial charge in [-0.1, -0.05) is 30.3 Å². The van der Waals surface area contributed by atoms with Crippen LogP contribution >= 0.6 is 0 Å². The number of benzene rings is 1. The van der Waals surface area contributed by atoms with Crippen molar-refractivity contribution in [1.29, 1.82) is 0 Å². The van der Waals surface area contributed by atoms with Crippen LogP contribution in [0.4, 0.5) is 0 Å². The minimum atomic E-state index is -0.808. The van der Waals surface area contributed by atoms with E-state index in [1.165, 1.54) is 0 Å². The molecule has 2 atom stereocenters. The van der Waals surface area contributed by atoms with Crippen LogP contribution in [-0.4, -0.2) is 40.8 Å². The van der Waals surface area contributed by atoms with E-state index in [1.54, 1.807) is 29.2 Å². The lowest BCUT2D eigenvalue weighted by Crippen LogP contribution is -2.30. The maximum Gasteiger partial charge on any atom is 0.308 e. The number of carboxylic acids is 1. The van der Waals surface area contributed by atoms with Crippen molar-refractivity contribution in [2.24, 2.45) is 17.8 Å². The van der Waals surface area contributed by atoms with E-state index < -0.39 is 11.9 Å². The molecule has 2 aliphatic rings. The van der Waals surface area contributed by atoms with Gasteiger partial charge in [-0.3, -0.25) is 14.4 Å². The Bertz CT molecular complexity index is 609. The van der Waals surface area contributed by atoms with Crippen molar-refractivity contribution in [1.82, 2.24) is 4.90 Å². The molecule has 0 unspecified atom stereocenters. The Hall–Kier alpha value is -2.17. The largest absolute Gasteiger partial charge is 0.481 e. The molecule has 5 heteroatoms. The van der Waals surface area contributed by atoms with E-state index in [0.717, 1.165) is 12.8 Å². The highest BCUT2D eigenvalue weighted by Crippen LogP contribution is 2.44. The molecule has 5 nitrogen and oxygen atoms in total. The van der Waals surface area contributed by atoms with Crippen molar-refractivity contribution in [2.75, 3.05) is 13.1 Å². The zero-order valence-corrected chi connectivity index (χ0v) is 13.0. The van der Waals surface area contributed by atoms with Gasteiger partial charge in [-0.05, 0) is 24.7 Å². The van der Waals surface area contributed by atoms with Crippen LogP contribution in [0.25, 0.3) is 0 Å². The maximum atomic E-state index is 12.3. The molecule has 23 heavy (non-hydrogen) atoms. The van der Waals surface area contributed by atoms with Crippen molar-refractivity contribution >= 4 is 17.7 Å². The molecule has 0 radical (unpaired) electrons. The summed E-state index contributed by atoms with van der Waals surface area (Å²) in [6.45, 7) is 0.814. The highest BCUT2D eigenvalue weighted by Gasteiger charge is 2.46. The van der Waals surface area contributed by atoms with Crippen molar-refractivity contribution in [3.8, 4) is 0 Å². The number of hydrogen-bond donors (Lipinski definition) is 1. The number of rotatable bonds is 6. The van der Waals surface area contributed by atoms with E-state index in [1.807, 2.05) is 6.07 Å². The first-order valence-corrected chi connectivity index (χ1v) is 8.15. The van der Waals surface area contributed by atoms with Gasteiger partial charge in [-0.25, -0.2) is 0 Å². The van der Waals surface area contributed by atoms with Crippen molar-refractivity contribution in [3.63, 3.8) is 0 Å². The van der Waals surface area contributed by atoms with Crippen molar-refractivity contribution in [3.05, 3.63) is 35.9 Å². The zero-order valence-electron chi connectivity index (χ0n) is 13.0. The number of aliphatic carboxylic acids is 1. The fourth-order valence-corrected chi connectivity index (χ4v) is 3.44. The number of hydrogen-bond acceptors (Lipinski definition) is 3. The Balaban J connectivity index is 1.54. The van der Waals surface area contributed by atoms with Crippen LogP contribution in [-0.2, 0) is 9.59 Å². The molecule has 1 N–H and O–H groups in total. The molecular formula is C18H21NO4. The van der Waals surface area contributed by atoms with Crippen LogP contribution in [0, 0.1) is 17.8 Å². The van der Waals surface area contributed by atoms with E-state index >= 15 is 0 Å². The Morgan fingerprint density at radius 1 is 1.04 bits per heavy atom. The number of ketones is 1. The fraction of sp³-hybridized carbons (Fsp3) is 0.500. The van der Waals surface area contributed by atoms with Gasteiger partial charge in [0.1, 0.15) is 0 Å². The van der Waals surface area contributed by atoms with E-state index in [4.69, 9.17) is 0 Å². The number of carbonyl (C=O) groups excluding carboxylic acids is 2. The summed E-state index contributed by atoms with van der Waals surface area (Å²) in [6, 6.07) is 8.93. The molecule has 2 fully saturated rings. The Morgan fingerprint density at radius 2 is 1.74 bits per heavy atom. The van der Waals surface area contributed by atoms with Gasteiger partial charge in [0.2, 0.25) is 5.91 Å². The molecule has 1 saturated carbocycles. The standard InChI is InChI=1S/C18H21NO4/c20-16(13-4-2-1-3-5-13)8-9-17(21)19-10-14(12-6-7-12)15(11-19)18(22)23/h1-5,12,14-15H,6-11H2,(H,22,23)/t14-,15+/m1/s1. The summed E-state index contributed by atoms with van der Waals surface area (Å²) in [5.74, 6) is -0.870.